The Balaban J connectivity index is 1.68. The summed E-state index contributed by atoms with van der Waals surface area (Å²) in [5.41, 5.74) is 0.429. The number of anilines is 1. The Kier molecular flexibility index (Phi) is 4.57. The van der Waals surface area contributed by atoms with Gasteiger partial charge in [-0.15, -0.1) is 0 Å². The number of hydrogen-bond acceptors (Lipinski definition) is 3. The van der Waals surface area contributed by atoms with E-state index >= 15 is 0 Å². The lowest BCUT2D eigenvalue weighted by Crippen LogP contribution is -2.24. The zero-order valence-electron chi connectivity index (χ0n) is 15.2. The number of pyridine rings is 1. The molecule has 0 radical (unpaired) electrons. The molecule has 0 spiro atoms. The van der Waals surface area contributed by atoms with Gasteiger partial charge in [0, 0.05) is 31.5 Å². The highest BCUT2D eigenvalue weighted by atomic mass is 19.1. The molecular formula is C20H15F3N4O2. The van der Waals surface area contributed by atoms with E-state index in [0.717, 1.165) is 12.1 Å². The molecule has 1 N–H and O–H groups in total. The summed E-state index contributed by atoms with van der Waals surface area (Å²) in [6, 6.07) is 6.82. The highest BCUT2D eigenvalue weighted by Gasteiger charge is 2.16. The Morgan fingerprint density at radius 2 is 1.79 bits per heavy atom. The lowest BCUT2D eigenvalue weighted by molar-refractivity contribution is -0.116. The SMILES string of the molecule is Cn1ncc2c(=O)n(CCC(=O)Nc3ccc(F)cc3F)c3ccc(F)cc3c21. The predicted molar refractivity (Wildman–Crippen MR) is 102 cm³/mol. The van der Waals surface area contributed by atoms with E-state index in [2.05, 4.69) is 10.4 Å². The predicted octanol–water partition coefficient (Wildman–Crippen LogP) is 3.33. The molecule has 0 fully saturated rings. The molecule has 0 saturated heterocycles. The van der Waals surface area contributed by atoms with Crippen molar-refractivity contribution in [2.24, 2.45) is 7.05 Å². The van der Waals surface area contributed by atoms with Gasteiger partial charge in [0.1, 0.15) is 17.5 Å². The number of aryl methyl sites for hydroxylation is 2. The van der Waals surface area contributed by atoms with E-state index < -0.39 is 23.4 Å². The van der Waals surface area contributed by atoms with Crippen LogP contribution in [-0.2, 0) is 18.4 Å². The number of aromatic nitrogens is 3. The highest BCUT2D eigenvalue weighted by Crippen LogP contribution is 2.23. The number of rotatable bonds is 4. The molecule has 2 aromatic carbocycles. The first-order valence-electron chi connectivity index (χ1n) is 8.74. The first-order valence-corrected chi connectivity index (χ1v) is 8.74. The van der Waals surface area contributed by atoms with Crippen molar-refractivity contribution >= 4 is 33.4 Å². The topological polar surface area (TPSA) is 68.9 Å². The number of halogens is 3. The van der Waals surface area contributed by atoms with Crippen molar-refractivity contribution in [1.29, 1.82) is 0 Å². The van der Waals surface area contributed by atoms with Crippen LogP contribution in [0.25, 0.3) is 21.8 Å². The van der Waals surface area contributed by atoms with Gasteiger partial charge in [-0.3, -0.25) is 14.3 Å². The third kappa shape index (κ3) is 3.35. The number of fused-ring (bicyclic) bond motifs is 3. The van der Waals surface area contributed by atoms with Crippen molar-refractivity contribution in [2.45, 2.75) is 13.0 Å². The molecule has 0 aliphatic carbocycles. The van der Waals surface area contributed by atoms with Crippen LogP contribution in [0.3, 0.4) is 0 Å². The molecule has 148 valence electrons. The number of hydrogen-bond donors (Lipinski definition) is 1. The van der Waals surface area contributed by atoms with Gasteiger partial charge >= 0.3 is 0 Å². The number of benzene rings is 2. The van der Waals surface area contributed by atoms with E-state index in [-0.39, 0.29) is 24.2 Å². The largest absolute Gasteiger partial charge is 0.324 e. The first kappa shape index (κ1) is 18.7. The molecule has 0 saturated carbocycles. The second kappa shape index (κ2) is 7.08. The summed E-state index contributed by atoms with van der Waals surface area (Å²) in [5.74, 6) is -2.66. The van der Waals surface area contributed by atoms with Gasteiger partial charge in [0.2, 0.25) is 5.91 Å². The van der Waals surface area contributed by atoms with Crippen molar-refractivity contribution in [3.8, 4) is 0 Å². The van der Waals surface area contributed by atoms with Crippen molar-refractivity contribution < 1.29 is 18.0 Å². The molecule has 1 amide bonds. The molecule has 0 aliphatic heterocycles. The maximum atomic E-state index is 13.8. The Bertz CT molecular complexity index is 1330. The van der Waals surface area contributed by atoms with Gasteiger partial charge in [-0.2, -0.15) is 5.10 Å². The summed E-state index contributed by atoms with van der Waals surface area (Å²) in [5, 5.41) is 7.22. The minimum Gasteiger partial charge on any atom is -0.324 e. The Morgan fingerprint density at radius 1 is 1.07 bits per heavy atom. The summed E-state index contributed by atoms with van der Waals surface area (Å²) < 4.78 is 43.4. The minimum atomic E-state index is -0.895. The number of carbonyl (C=O) groups is 1. The maximum Gasteiger partial charge on any atom is 0.262 e. The van der Waals surface area contributed by atoms with Crippen molar-refractivity contribution in [1.82, 2.24) is 14.3 Å². The molecule has 29 heavy (non-hydrogen) atoms. The van der Waals surface area contributed by atoms with Gasteiger partial charge in [-0.25, -0.2) is 13.2 Å². The van der Waals surface area contributed by atoms with E-state index in [9.17, 15) is 22.8 Å². The van der Waals surface area contributed by atoms with Crippen LogP contribution in [0, 0.1) is 17.5 Å². The number of nitrogens with zero attached hydrogens (tertiary/aromatic N) is 3. The van der Waals surface area contributed by atoms with E-state index in [1.54, 1.807) is 7.05 Å². The lowest BCUT2D eigenvalue weighted by atomic mass is 10.1. The zero-order chi connectivity index (χ0) is 20.7. The van der Waals surface area contributed by atoms with Crippen LogP contribution in [0.5, 0.6) is 0 Å². The fraction of sp³-hybridized carbons (Fsp3) is 0.150. The summed E-state index contributed by atoms with van der Waals surface area (Å²) in [6.45, 7) is -0.0134. The Hall–Kier alpha value is -3.62. The van der Waals surface area contributed by atoms with Gasteiger partial charge in [-0.05, 0) is 30.3 Å². The molecule has 0 aliphatic rings. The summed E-state index contributed by atoms with van der Waals surface area (Å²) in [7, 11) is 1.65. The number of carbonyl (C=O) groups excluding carboxylic acids is 1. The normalized spacial score (nSPS) is 11.3. The second-order valence-corrected chi connectivity index (χ2v) is 6.57. The van der Waals surface area contributed by atoms with Crippen LogP contribution in [-0.4, -0.2) is 20.3 Å². The molecular weight excluding hydrogens is 385 g/mol. The summed E-state index contributed by atoms with van der Waals surface area (Å²) in [6.07, 6.45) is 1.25. The summed E-state index contributed by atoms with van der Waals surface area (Å²) in [4.78, 5) is 25.1. The Labute approximate surface area is 162 Å². The van der Waals surface area contributed by atoms with E-state index in [4.69, 9.17) is 0 Å². The van der Waals surface area contributed by atoms with Crippen molar-refractivity contribution in [3.05, 3.63) is 70.4 Å². The second-order valence-electron chi connectivity index (χ2n) is 6.57. The van der Waals surface area contributed by atoms with Crippen LogP contribution in [0.15, 0.2) is 47.4 Å². The van der Waals surface area contributed by atoms with Gasteiger partial charge in [0.25, 0.3) is 5.56 Å². The Morgan fingerprint density at radius 3 is 2.55 bits per heavy atom. The van der Waals surface area contributed by atoms with Crippen LogP contribution >= 0.6 is 0 Å². The van der Waals surface area contributed by atoms with Crippen molar-refractivity contribution in [2.75, 3.05) is 5.32 Å². The molecule has 9 heteroatoms. The smallest absolute Gasteiger partial charge is 0.262 e. The van der Waals surface area contributed by atoms with Gasteiger partial charge in [0.05, 0.1) is 28.3 Å². The average molecular weight is 400 g/mol. The van der Waals surface area contributed by atoms with E-state index in [1.807, 2.05) is 0 Å². The molecule has 0 bridgehead atoms. The molecule has 0 atom stereocenters. The molecule has 2 aromatic heterocycles. The lowest BCUT2D eigenvalue weighted by Gasteiger charge is -2.12. The van der Waals surface area contributed by atoms with Gasteiger partial charge < -0.3 is 9.88 Å². The minimum absolute atomic E-state index is 0.0134. The third-order valence-corrected chi connectivity index (χ3v) is 4.69. The fourth-order valence-electron chi connectivity index (χ4n) is 3.34. The van der Waals surface area contributed by atoms with Crippen LogP contribution in [0.1, 0.15) is 6.42 Å². The highest BCUT2D eigenvalue weighted by molar-refractivity contribution is 6.03. The average Bonchev–Trinajstić information content (AvgIpc) is 3.06. The van der Waals surface area contributed by atoms with Gasteiger partial charge in [0.15, 0.2) is 0 Å². The number of nitrogens with one attached hydrogen (secondary N) is 1. The fourth-order valence-corrected chi connectivity index (χ4v) is 3.34. The third-order valence-electron chi connectivity index (χ3n) is 4.69. The number of amides is 1. The van der Waals surface area contributed by atoms with Crippen LogP contribution in [0.4, 0.5) is 18.9 Å². The molecule has 2 heterocycles. The zero-order valence-corrected chi connectivity index (χ0v) is 15.2. The van der Waals surface area contributed by atoms with Crippen molar-refractivity contribution in [3.63, 3.8) is 0 Å². The van der Waals surface area contributed by atoms with E-state index in [0.29, 0.717) is 27.9 Å². The van der Waals surface area contributed by atoms with Crippen LogP contribution in [0.2, 0.25) is 0 Å². The monoisotopic (exact) mass is 400 g/mol. The quantitative estimate of drug-likeness (QED) is 0.571. The van der Waals surface area contributed by atoms with Crippen LogP contribution < -0.4 is 10.9 Å². The summed E-state index contributed by atoms with van der Waals surface area (Å²) >= 11 is 0. The van der Waals surface area contributed by atoms with Gasteiger partial charge in [-0.1, -0.05) is 0 Å². The first-order chi connectivity index (χ1) is 13.8. The maximum absolute atomic E-state index is 13.8. The molecule has 6 nitrogen and oxygen atoms in total. The molecule has 4 rings (SSSR count). The molecule has 0 unspecified atom stereocenters. The van der Waals surface area contributed by atoms with E-state index in [1.165, 1.54) is 33.6 Å². The molecule has 4 aromatic rings. The standard InChI is InChI=1S/C20H15F3N4O2/c1-26-19-13-8-11(21)3-5-17(13)27(20(29)14(19)10-24-26)7-6-18(28)25-16-4-2-12(22)9-15(16)23/h2-5,8-10H,6-7H2,1H3,(H,25,28).